The molecule has 0 spiro atoms. The summed E-state index contributed by atoms with van der Waals surface area (Å²) in [7, 11) is 0. The van der Waals surface area contributed by atoms with Crippen molar-refractivity contribution in [2.24, 2.45) is 0 Å². The predicted molar refractivity (Wildman–Crippen MR) is 77.4 cm³/mol. The van der Waals surface area contributed by atoms with Gasteiger partial charge in [-0.1, -0.05) is 6.92 Å². The van der Waals surface area contributed by atoms with Crippen LogP contribution in [-0.4, -0.2) is 24.3 Å². The minimum absolute atomic E-state index is 0.0219. The van der Waals surface area contributed by atoms with Gasteiger partial charge in [0.2, 0.25) is 5.91 Å². The Labute approximate surface area is 114 Å². The second-order valence-corrected chi connectivity index (χ2v) is 4.70. The molecule has 0 aliphatic rings. The number of carbonyl (C=O) groups excluding carboxylic acids is 2. The molecule has 0 bridgehead atoms. The largest absolute Gasteiger partial charge is 0.326 e. The number of anilines is 1. The van der Waals surface area contributed by atoms with E-state index in [1.807, 2.05) is 0 Å². The van der Waals surface area contributed by atoms with Crippen molar-refractivity contribution < 1.29 is 9.59 Å². The van der Waals surface area contributed by atoms with Gasteiger partial charge in [-0.3, -0.25) is 9.59 Å². The van der Waals surface area contributed by atoms with Crippen LogP contribution in [0.1, 0.15) is 44.0 Å². The number of hydrogen-bond acceptors (Lipinski definition) is 3. The molecule has 0 saturated heterocycles. The van der Waals surface area contributed by atoms with E-state index in [1.54, 1.807) is 24.3 Å². The maximum Gasteiger partial charge on any atom is 0.225 e. The molecule has 0 saturated carbocycles. The van der Waals surface area contributed by atoms with Crippen LogP contribution in [0.3, 0.4) is 0 Å². The highest BCUT2D eigenvalue weighted by atomic mass is 16.1. The quantitative estimate of drug-likeness (QED) is 0.743. The molecule has 0 aromatic heterocycles. The van der Waals surface area contributed by atoms with Crippen LogP contribution >= 0.6 is 0 Å². The van der Waals surface area contributed by atoms with Gasteiger partial charge in [-0.2, -0.15) is 0 Å². The fourth-order valence-electron chi connectivity index (χ4n) is 1.59. The molecule has 4 nitrogen and oxygen atoms in total. The third-order valence-corrected chi connectivity index (χ3v) is 3.03. The fourth-order valence-corrected chi connectivity index (χ4v) is 1.59. The number of rotatable bonds is 7. The second-order valence-electron chi connectivity index (χ2n) is 4.70. The summed E-state index contributed by atoms with van der Waals surface area (Å²) >= 11 is 0. The van der Waals surface area contributed by atoms with E-state index in [-0.39, 0.29) is 11.7 Å². The molecule has 0 heterocycles. The molecule has 4 heteroatoms. The van der Waals surface area contributed by atoms with Gasteiger partial charge in [0.1, 0.15) is 0 Å². The van der Waals surface area contributed by atoms with Crippen molar-refractivity contribution in [2.45, 2.75) is 39.7 Å². The van der Waals surface area contributed by atoms with Gasteiger partial charge in [0.25, 0.3) is 0 Å². The van der Waals surface area contributed by atoms with Gasteiger partial charge in [0.15, 0.2) is 5.78 Å². The SMILES string of the molecule is CCC(C)NCCC(=O)Nc1ccc(C(C)=O)cc1. The van der Waals surface area contributed by atoms with E-state index in [0.717, 1.165) is 12.1 Å². The van der Waals surface area contributed by atoms with E-state index in [9.17, 15) is 9.59 Å². The molecule has 0 aliphatic heterocycles. The fraction of sp³-hybridized carbons (Fsp3) is 0.467. The summed E-state index contributed by atoms with van der Waals surface area (Å²) in [5.41, 5.74) is 1.37. The van der Waals surface area contributed by atoms with Crippen LogP contribution in [0.5, 0.6) is 0 Å². The Morgan fingerprint density at radius 2 is 1.84 bits per heavy atom. The first-order valence-electron chi connectivity index (χ1n) is 6.67. The van der Waals surface area contributed by atoms with Crippen LogP contribution in [0.4, 0.5) is 5.69 Å². The lowest BCUT2D eigenvalue weighted by Gasteiger charge is -2.11. The maximum absolute atomic E-state index is 11.7. The maximum atomic E-state index is 11.7. The van der Waals surface area contributed by atoms with Crippen LogP contribution in [-0.2, 0) is 4.79 Å². The summed E-state index contributed by atoms with van der Waals surface area (Å²) in [5, 5.41) is 6.08. The minimum Gasteiger partial charge on any atom is -0.326 e. The molecule has 0 fully saturated rings. The molecule has 19 heavy (non-hydrogen) atoms. The standard InChI is InChI=1S/C15H22N2O2/c1-4-11(2)16-10-9-15(19)17-14-7-5-13(6-8-14)12(3)18/h5-8,11,16H,4,9-10H2,1-3H3,(H,17,19). The lowest BCUT2D eigenvalue weighted by atomic mass is 10.1. The highest BCUT2D eigenvalue weighted by Crippen LogP contribution is 2.10. The Morgan fingerprint density at radius 3 is 2.37 bits per heavy atom. The second kappa shape index (κ2) is 7.69. The molecule has 0 radical (unpaired) electrons. The molecule has 1 aromatic rings. The van der Waals surface area contributed by atoms with Crippen molar-refractivity contribution in [1.82, 2.24) is 5.32 Å². The predicted octanol–water partition coefficient (Wildman–Crippen LogP) is 2.61. The third-order valence-electron chi connectivity index (χ3n) is 3.03. The molecule has 2 N–H and O–H groups in total. The zero-order valence-corrected chi connectivity index (χ0v) is 11.8. The zero-order chi connectivity index (χ0) is 14.3. The molecule has 1 rings (SSSR count). The molecule has 1 atom stereocenters. The molecular weight excluding hydrogens is 240 g/mol. The Bertz CT molecular complexity index is 426. The Morgan fingerprint density at radius 1 is 1.21 bits per heavy atom. The van der Waals surface area contributed by atoms with Crippen LogP contribution in [0.2, 0.25) is 0 Å². The summed E-state index contributed by atoms with van der Waals surface area (Å²) < 4.78 is 0. The number of amides is 1. The average molecular weight is 262 g/mol. The van der Waals surface area contributed by atoms with Crippen molar-refractivity contribution in [1.29, 1.82) is 0 Å². The number of hydrogen-bond donors (Lipinski definition) is 2. The van der Waals surface area contributed by atoms with Crippen LogP contribution in [0.25, 0.3) is 0 Å². The first-order chi connectivity index (χ1) is 9.02. The first kappa shape index (κ1) is 15.4. The topological polar surface area (TPSA) is 58.2 Å². The van der Waals surface area contributed by atoms with Crippen LogP contribution in [0, 0.1) is 0 Å². The van der Waals surface area contributed by atoms with E-state index >= 15 is 0 Å². The molecule has 1 aromatic carbocycles. The number of ketones is 1. The molecule has 0 aliphatic carbocycles. The summed E-state index contributed by atoms with van der Waals surface area (Å²) in [5.74, 6) is 0.00186. The van der Waals surface area contributed by atoms with E-state index < -0.39 is 0 Å². The Hall–Kier alpha value is -1.68. The van der Waals surface area contributed by atoms with Crippen molar-refractivity contribution in [2.75, 3.05) is 11.9 Å². The van der Waals surface area contributed by atoms with E-state index in [2.05, 4.69) is 24.5 Å². The Balaban J connectivity index is 2.38. The van der Waals surface area contributed by atoms with Crippen molar-refractivity contribution >= 4 is 17.4 Å². The van der Waals surface area contributed by atoms with Gasteiger partial charge in [0.05, 0.1) is 0 Å². The minimum atomic E-state index is -0.0219. The summed E-state index contributed by atoms with van der Waals surface area (Å²) in [4.78, 5) is 22.8. The number of nitrogens with one attached hydrogen (secondary N) is 2. The molecule has 104 valence electrons. The molecular formula is C15H22N2O2. The van der Waals surface area contributed by atoms with Gasteiger partial charge in [-0.05, 0) is 44.5 Å². The van der Waals surface area contributed by atoms with E-state index in [4.69, 9.17) is 0 Å². The highest BCUT2D eigenvalue weighted by Gasteiger charge is 2.04. The number of carbonyl (C=O) groups is 2. The van der Waals surface area contributed by atoms with Gasteiger partial charge in [-0.15, -0.1) is 0 Å². The number of benzene rings is 1. The van der Waals surface area contributed by atoms with Crippen LogP contribution < -0.4 is 10.6 Å². The molecule has 1 amide bonds. The Kier molecular flexibility index (Phi) is 6.22. The highest BCUT2D eigenvalue weighted by molar-refractivity contribution is 5.95. The van der Waals surface area contributed by atoms with E-state index in [1.165, 1.54) is 6.92 Å². The smallest absolute Gasteiger partial charge is 0.225 e. The van der Waals surface area contributed by atoms with Crippen molar-refractivity contribution in [3.63, 3.8) is 0 Å². The summed E-state index contributed by atoms with van der Waals surface area (Å²) in [6.45, 7) is 6.40. The number of Topliss-reactive ketones (excluding diaryl/α,β-unsaturated/α-hetero) is 1. The van der Waals surface area contributed by atoms with Gasteiger partial charge in [-0.25, -0.2) is 0 Å². The van der Waals surface area contributed by atoms with Gasteiger partial charge < -0.3 is 10.6 Å². The average Bonchev–Trinajstić information content (AvgIpc) is 2.39. The van der Waals surface area contributed by atoms with Gasteiger partial charge in [0, 0.05) is 30.3 Å². The summed E-state index contributed by atoms with van der Waals surface area (Å²) in [6, 6.07) is 7.36. The monoisotopic (exact) mass is 262 g/mol. The van der Waals surface area contributed by atoms with E-state index in [0.29, 0.717) is 24.6 Å². The van der Waals surface area contributed by atoms with Crippen molar-refractivity contribution in [3.05, 3.63) is 29.8 Å². The summed E-state index contributed by atoms with van der Waals surface area (Å²) in [6.07, 6.45) is 1.49. The normalized spacial score (nSPS) is 11.9. The zero-order valence-electron chi connectivity index (χ0n) is 11.8. The lowest BCUT2D eigenvalue weighted by molar-refractivity contribution is -0.116. The van der Waals surface area contributed by atoms with Crippen molar-refractivity contribution in [3.8, 4) is 0 Å². The first-order valence-corrected chi connectivity index (χ1v) is 6.67. The molecule has 1 unspecified atom stereocenters. The third kappa shape index (κ3) is 5.66. The lowest BCUT2D eigenvalue weighted by Crippen LogP contribution is -2.28. The van der Waals surface area contributed by atoms with Gasteiger partial charge >= 0.3 is 0 Å². The van der Waals surface area contributed by atoms with Crippen LogP contribution in [0.15, 0.2) is 24.3 Å².